The number of pyridine rings is 1. The van der Waals surface area contributed by atoms with Crippen LogP contribution in [0.15, 0.2) is 6.07 Å². The van der Waals surface area contributed by atoms with Crippen LogP contribution < -0.4 is 4.74 Å². The van der Waals surface area contributed by atoms with Gasteiger partial charge in [-0.1, -0.05) is 0 Å². The van der Waals surface area contributed by atoms with Crippen molar-refractivity contribution in [3.8, 4) is 5.88 Å². The molecule has 15 heavy (non-hydrogen) atoms. The zero-order chi connectivity index (χ0) is 11.6. The van der Waals surface area contributed by atoms with Crippen LogP contribution in [0.4, 0.5) is 8.78 Å². The van der Waals surface area contributed by atoms with Crippen LogP contribution in [0.25, 0.3) is 0 Å². The van der Waals surface area contributed by atoms with Gasteiger partial charge in [-0.05, 0) is 12.5 Å². The highest BCUT2D eigenvalue weighted by atomic mass is 19.3. The standard InChI is InChI=1S/C9H9F2NO3/c1-4-3-5(15-2)12-7(9(13)14)6(4)8(10)11/h3,8H,1-2H3,(H,13,14). The van der Waals surface area contributed by atoms with Crippen molar-refractivity contribution in [2.45, 2.75) is 13.3 Å². The first kappa shape index (κ1) is 11.4. The van der Waals surface area contributed by atoms with Crippen LogP contribution in [0, 0.1) is 6.92 Å². The number of aromatic nitrogens is 1. The Balaban J connectivity index is 3.42. The summed E-state index contributed by atoms with van der Waals surface area (Å²) < 4.78 is 29.8. The molecule has 1 N–H and O–H groups in total. The van der Waals surface area contributed by atoms with E-state index in [0.717, 1.165) is 0 Å². The van der Waals surface area contributed by atoms with Gasteiger partial charge in [0.25, 0.3) is 6.43 Å². The first-order chi connectivity index (χ1) is 6.97. The topological polar surface area (TPSA) is 59.4 Å². The SMILES string of the molecule is COc1cc(C)c(C(F)F)c(C(=O)O)n1. The Morgan fingerprint density at radius 3 is 2.60 bits per heavy atom. The van der Waals surface area contributed by atoms with Crippen molar-refractivity contribution in [1.82, 2.24) is 4.98 Å². The second kappa shape index (κ2) is 4.20. The predicted molar refractivity (Wildman–Crippen MR) is 47.4 cm³/mol. The average Bonchev–Trinajstić information content (AvgIpc) is 2.15. The van der Waals surface area contributed by atoms with Crippen LogP contribution in [-0.4, -0.2) is 23.2 Å². The van der Waals surface area contributed by atoms with Crippen LogP contribution in [0.2, 0.25) is 0 Å². The Hall–Kier alpha value is -1.72. The number of alkyl halides is 2. The third-order valence-electron chi connectivity index (χ3n) is 1.87. The largest absolute Gasteiger partial charge is 0.481 e. The normalized spacial score (nSPS) is 10.5. The summed E-state index contributed by atoms with van der Waals surface area (Å²) in [7, 11) is 1.29. The van der Waals surface area contributed by atoms with Crippen molar-refractivity contribution in [2.24, 2.45) is 0 Å². The van der Waals surface area contributed by atoms with Gasteiger partial charge in [-0.3, -0.25) is 0 Å². The van der Waals surface area contributed by atoms with E-state index >= 15 is 0 Å². The fourth-order valence-corrected chi connectivity index (χ4v) is 1.20. The van der Waals surface area contributed by atoms with Gasteiger partial charge in [0.2, 0.25) is 5.88 Å². The number of nitrogens with zero attached hydrogens (tertiary/aromatic N) is 1. The summed E-state index contributed by atoms with van der Waals surface area (Å²) in [4.78, 5) is 14.2. The molecule has 6 heteroatoms. The van der Waals surface area contributed by atoms with Crippen molar-refractivity contribution in [2.75, 3.05) is 7.11 Å². The molecule has 1 aromatic heterocycles. The maximum absolute atomic E-state index is 12.5. The number of ether oxygens (including phenoxy) is 1. The summed E-state index contributed by atoms with van der Waals surface area (Å²) in [6.45, 7) is 1.39. The molecule has 0 aliphatic carbocycles. The van der Waals surface area contributed by atoms with E-state index in [4.69, 9.17) is 9.84 Å². The van der Waals surface area contributed by atoms with Gasteiger partial charge < -0.3 is 9.84 Å². The number of methoxy groups -OCH3 is 1. The van der Waals surface area contributed by atoms with E-state index in [0.29, 0.717) is 0 Å². The first-order valence-electron chi connectivity index (χ1n) is 4.04. The van der Waals surface area contributed by atoms with E-state index in [2.05, 4.69) is 4.98 Å². The zero-order valence-electron chi connectivity index (χ0n) is 8.12. The molecule has 0 unspecified atom stereocenters. The minimum absolute atomic E-state index is 0.00861. The fourth-order valence-electron chi connectivity index (χ4n) is 1.20. The van der Waals surface area contributed by atoms with E-state index in [9.17, 15) is 13.6 Å². The fraction of sp³-hybridized carbons (Fsp3) is 0.333. The Morgan fingerprint density at radius 1 is 1.60 bits per heavy atom. The zero-order valence-corrected chi connectivity index (χ0v) is 8.12. The summed E-state index contributed by atoms with van der Waals surface area (Å²) in [5, 5.41) is 8.71. The summed E-state index contributed by atoms with van der Waals surface area (Å²) >= 11 is 0. The summed E-state index contributed by atoms with van der Waals surface area (Å²) in [5.74, 6) is -1.48. The Bertz CT molecular complexity index is 393. The molecule has 0 radical (unpaired) electrons. The van der Waals surface area contributed by atoms with Crippen LogP contribution in [-0.2, 0) is 0 Å². The molecule has 0 amide bonds. The number of hydrogen-bond donors (Lipinski definition) is 1. The first-order valence-corrected chi connectivity index (χ1v) is 4.04. The number of carbonyl (C=O) groups is 1. The number of aryl methyl sites for hydroxylation is 1. The molecule has 0 aliphatic rings. The smallest absolute Gasteiger partial charge is 0.355 e. The highest BCUT2D eigenvalue weighted by Crippen LogP contribution is 2.27. The van der Waals surface area contributed by atoms with Crippen molar-refractivity contribution < 1.29 is 23.4 Å². The molecule has 1 aromatic rings. The number of carboxylic acids is 1. The molecule has 0 bridgehead atoms. The van der Waals surface area contributed by atoms with Crippen molar-refractivity contribution in [3.05, 3.63) is 22.9 Å². The van der Waals surface area contributed by atoms with Crippen LogP contribution in [0.5, 0.6) is 5.88 Å². The number of rotatable bonds is 3. The molecular weight excluding hydrogens is 208 g/mol. The highest BCUT2D eigenvalue weighted by molar-refractivity contribution is 5.87. The molecule has 1 rings (SSSR count). The summed E-state index contributed by atoms with van der Waals surface area (Å²) in [6.07, 6.45) is -2.87. The molecule has 0 aliphatic heterocycles. The van der Waals surface area contributed by atoms with Gasteiger partial charge >= 0.3 is 5.97 Å². The van der Waals surface area contributed by atoms with E-state index in [1.165, 1.54) is 20.1 Å². The van der Waals surface area contributed by atoms with Crippen LogP contribution >= 0.6 is 0 Å². The van der Waals surface area contributed by atoms with Crippen molar-refractivity contribution >= 4 is 5.97 Å². The quantitative estimate of drug-likeness (QED) is 0.841. The van der Waals surface area contributed by atoms with Gasteiger partial charge in [0.05, 0.1) is 12.7 Å². The van der Waals surface area contributed by atoms with E-state index < -0.39 is 23.7 Å². The molecule has 0 saturated heterocycles. The third-order valence-corrected chi connectivity index (χ3v) is 1.87. The van der Waals surface area contributed by atoms with Gasteiger partial charge in [0, 0.05) is 6.07 Å². The lowest BCUT2D eigenvalue weighted by molar-refractivity contribution is 0.0675. The third kappa shape index (κ3) is 2.20. The lowest BCUT2D eigenvalue weighted by Crippen LogP contribution is -2.09. The monoisotopic (exact) mass is 217 g/mol. The lowest BCUT2D eigenvalue weighted by atomic mass is 10.1. The molecule has 0 fully saturated rings. The van der Waals surface area contributed by atoms with Crippen LogP contribution in [0.3, 0.4) is 0 Å². The molecule has 1 heterocycles. The minimum atomic E-state index is -2.87. The highest BCUT2D eigenvalue weighted by Gasteiger charge is 2.23. The summed E-state index contributed by atoms with van der Waals surface area (Å²) in [6, 6.07) is 1.27. The Kier molecular flexibility index (Phi) is 3.18. The van der Waals surface area contributed by atoms with Crippen molar-refractivity contribution in [1.29, 1.82) is 0 Å². The Labute approximate surface area is 84.5 Å². The average molecular weight is 217 g/mol. The number of hydrogen-bond acceptors (Lipinski definition) is 3. The van der Waals surface area contributed by atoms with Crippen molar-refractivity contribution in [3.63, 3.8) is 0 Å². The maximum Gasteiger partial charge on any atom is 0.355 e. The second-order valence-electron chi connectivity index (χ2n) is 2.85. The lowest BCUT2D eigenvalue weighted by Gasteiger charge is -2.09. The molecular formula is C9H9F2NO3. The van der Waals surface area contributed by atoms with Gasteiger partial charge in [-0.2, -0.15) is 0 Å². The number of carboxylic acid groups (broad SMARTS) is 1. The molecule has 0 spiro atoms. The molecule has 82 valence electrons. The maximum atomic E-state index is 12.5. The minimum Gasteiger partial charge on any atom is -0.481 e. The van der Waals surface area contributed by atoms with E-state index in [1.807, 2.05) is 0 Å². The van der Waals surface area contributed by atoms with Crippen LogP contribution in [0.1, 0.15) is 28.0 Å². The molecule has 4 nitrogen and oxygen atoms in total. The van der Waals surface area contributed by atoms with Gasteiger partial charge in [0.15, 0.2) is 5.69 Å². The molecule has 0 atom stereocenters. The predicted octanol–water partition coefficient (Wildman–Crippen LogP) is 2.03. The number of halogens is 2. The molecule has 0 saturated carbocycles. The van der Waals surface area contributed by atoms with Gasteiger partial charge in [-0.15, -0.1) is 0 Å². The second-order valence-corrected chi connectivity index (χ2v) is 2.85. The Morgan fingerprint density at radius 2 is 2.20 bits per heavy atom. The van der Waals surface area contributed by atoms with E-state index in [-0.39, 0.29) is 11.4 Å². The molecule has 0 aromatic carbocycles. The van der Waals surface area contributed by atoms with Gasteiger partial charge in [-0.25, -0.2) is 18.6 Å². The van der Waals surface area contributed by atoms with E-state index in [1.54, 1.807) is 0 Å². The van der Waals surface area contributed by atoms with Gasteiger partial charge in [0.1, 0.15) is 0 Å². The number of aromatic carboxylic acids is 1. The summed E-state index contributed by atoms with van der Waals surface area (Å²) in [5.41, 5.74) is -1.08.